The second-order valence-electron chi connectivity index (χ2n) is 5.68. The monoisotopic (exact) mass is 332 g/mol. The Bertz CT molecular complexity index is 614. The summed E-state index contributed by atoms with van der Waals surface area (Å²) in [7, 11) is 2.07. The summed E-state index contributed by atoms with van der Waals surface area (Å²) >= 11 is 1.60. The van der Waals surface area contributed by atoms with Gasteiger partial charge in [0.2, 0.25) is 0 Å². The van der Waals surface area contributed by atoms with Gasteiger partial charge < -0.3 is 10.6 Å². The number of nitrogens with one attached hydrogen (secondary N) is 2. The maximum absolute atomic E-state index is 11.8. The number of amides is 2. The Morgan fingerprint density at radius 2 is 2.04 bits per heavy atom. The van der Waals surface area contributed by atoms with E-state index in [-0.39, 0.29) is 12.1 Å². The first kappa shape index (κ1) is 17.4. The van der Waals surface area contributed by atoms with Crippen LogP contribution in [0.3, 0.4) is 0 Å². The first-order valence-electron chi connectivity index (χ1n) is 7.71. The largest absolute Gasteiger partial charge is 0.337 e. The van der Waals surface area contributed by atoms with Crippen molar-refractivity contribution in [1.82, 2.24) is 20.5 Å². The Balaban J connectivity index is 1.68. The van der Waals surface area contributed by atoms with Crippen LogP contribution in [0, 0.1) is 6.92 Å². The van der Waals surface area contributed by atoms with Gasteiger partial charge in [-0.1, -0.05) is 30.3 Å². The van der Waals surface area contributed by atoms with Gasteiger partial charge in [0.15, 0.2) is 0 Å². The fourth-order valence-electron chi connectivity index (χ4n) is 2.13. The number of aryl methyl sites for hydroxylation is 1. The summed E-state index contributed by atoms with van der Waals surface area (Å²) in [5.41, 5.74) is 1.27. The molecule has 0 aliphatic carbocycles. The van der Waals surface area contributed by atoms with Crippen molar-refractivity contribution in [3.8, 4) is 0 Å². The number of hydrogen-bond donors (Lipinski definition) is 2. The number of carbonyl (C=O) groups is 1. The van der Waals surface area contributed by atoms with Gasteiger partial charge in [-0.15, -0.1) is 11.3 Å². The highest BCUT2D eigenvalue weighted by Crippen LogP contribution is 2.10. The number of carbonyl (C=O) groups excluding carboxylic acids is 1. The lowest BCUT2D eigenvalue weighted by Crippen LogP contribution is -2.43. The van der Waals surface area contributed by atoms with Crippen LogP contribution in [0.25, 0.3) is 0 Å². The number of hydrogen-bond acceptors (Lipinski definition) is 4. The number of rotatable bonds is 7. The van der Waals surface area contributed by atoms with Crippen LogP contribution in [0.4, 0.5) is 4.79 Å². The third-order valence-corrected chi connectivity index (χ3v) is 4.57. The number of nitrogens with zero attached hydrogens (tertiary/aromatic N) is 2. The molecule has 0 radical (unpaired) electrons. The van der Waals surface area contributed by atoms with Gasteiger partial charge in [0.05, 0.1) is 6.54 Å². The van der Waals surface area contributed by atoms with Gasteiger partial charge in [0, 0.05) is 30.2 Å². The van der Waals surface area contributed by atoms with E-state index in [0.29, 0.717) is 13.1 Å². The van der Waals surface area contributed by atoms with Crippen LogP contribution in [0.5, 0.6) is 0 Å². The SMILES string of the molecule is Cc1cnc(CNC(=O)NCC(C)N(C)Cc2ccccc2)s1. The molecule has 6 heteroatoms. The Hall–Kier alpha value is -1.92. The molecule has 0 aliphatic heterocycles. The van der Waals surface area contributed by atoms with Crippen molar-refractivity contribution in [2.24, 2.45) is 0 Å². The van der Waals surface area contributed by atoms with Gasteiger partial charge in [-0.25, -0.2) is 9.78 Å². The second-order valence-corrected chi connectivity index (χ2v) is 7.00. The minimum absolute atomic E-state index is 0.155. The lowest BCUT2D eigenvalue weighted by Gasteiger charge is -2.25. The predicted molar refractivity (Wildman–Crippen MR) is 94.5 cm³/mol. The molecule has 0 saturated heterocycles. The molecular weight excluding hydrogens is 308 g/mol. The molecule has 5 nitrogen and oxygen atoms in total. The lowest BCUT2D eigenvalue weighted by molar-refractivity contribution is 0.223. The van der Waals surface area contributed by atoms with E-state index in [1.165, 1.54) is 5.56 Å². The van der Waals surface area contributed by atoms with Gasteiger partial charge in [0.1, 0.15) is 5.01 Å². The first-order chi connectivity index (χ1) is 11.0. The van der Waals surface area contributed by atoms with Crippen molar-refractivity contribution in [3.63, 3.8) is 0 Å². The summed E-state index contributed by atoms with van der Waals surface area (Å²) in [6.45, 7) is 6.05. The maximum Gasteiger partial charge on any atom is 0.315 e. The number of benzene rings is 1. The Kier molecular flexibility index (Phi) is 6.55. The molecule has 0 saturated carbocycles. The molecule has 23 heavy (non-hydrogen) atoms. The minimum atomic E-state index is -0.155. The molecule has 0 spiro atoms. The molecule has 2 rings (SSSR count). The van der Waals surface area contributed by atoms with Crippen LogP contribution in [-0.2, 0) is 13.1 Å². The van der Waals surface area contributed by atoms with Crippen molar-refractivity contribution < 1.29 is 4.79 Å². The summed E-state index contributed by atoms with van der Waals surface area (Å²) in [5.74, 6) is 0. The molecule has 1 atom stereocenters. The van der Waals surface area contributed by atoms with E-state index >= 15 is 0 Å². The maximum atomic E-state index is 11.8. The van der Waals surface area contributed by atoms with Crippen molar-refractivity contribution >= 4 is 17.4 Å². The lowest BCUT2D eigenvalue weighted by atomic mass is 10.2. The fraction of sp³-hybridized carbons (Fsp3) is 0.412. The molecule has 124 valence electrons. The van der Waals surface area contributed by atoms with Crippen molar-refractivity contribution in [2.75, 3.05) is 13.6 Å². The van der Waals surface area contributed by atoms with Crippen LogP contribution in [0.15, 0.2) is 36.5 Å². The van der Waals surface area contributed by atoms with E-state index in [2.05, 4.69) is 46.6 Å². The van der Waals surface area contributed by atoms with Gasteiger partial charge in [0.25, 0.3) is 0 Å². The molecule has 1 aromatic heterocycles. The quantitative estimate of drug-likeness (QED) is 0.820. The Morgan fingerprint density at radius 3 is 2.70 bits per heavy atom. The zero-order chi connectivity index (χ0) is 16.7. The molecule has 1 aromatic carbocycles. The zero-order valence-electron chi connectivity index (χ0n) is 13.9. The highest BCUT2D eigenvalue weighted by molar-refractivity contribution is 7.11. The standard InChI is InChI=1S/C17H24N4OS/c1-13(21(3)12-15-7-5-4-6-8-15)9-19-17(22)20-11-16-18-10-14(2)23-16/h4-8,10,13H,9,11-12H2,1-3H3,(H2,19,20,22). The van der Waals surface area contributed by atoms with Crippen LogP contribution in [0.2, 0.25) is 0 Å². The average Bonchev–Trinajstić information content (AvgIpc) is 2.97. The first-order valence-corrected chi connectivity index (χ1v) is 8.53. The summed E-state index contributed by atoms with van der Waals surface area (Å²) in [6, 6.07) is 10.4. The van der Waals surface area contributed by atoms with Crippen molar-refractivity contribution in [2.45, 2.75) is 33.0 Å². The molecular formula is C17H24N4OS. The van der Waals surface area contributed by atoms with Gasteiger partial charge in [-0.05, 0) is 26.5 Å². The molecule has 2 aromatic rings. The second kappa shape index (κ2) is 8.64. The van der Waals surface area contributed by atoms with Gasteiger partial charge >= 0.3 is 6.03 Å². The number of likely N-dealkylation sites (N-methyl/N-ethyl adjacent to an activating group) is 1. The van der Waals surface area contributed by atoms with Crippen molar-refractivity contribution in [3.05, 3.63) is 52.0 Å². The molecule has 1 heterocycles. The third kappa shape index (κ3) is 6.00. The summed E-state index contributed by atoms with van der Waals surface area (Å²) in [4.78, 5) is 19.4. The van der Waals surface area contributed by atoms with Gasteiger partial charge in [-0.3, -0.25) is 4.90 Å². The van der Waals surface area contributed by atoms with E-state index in [4.69, 9.17) is 0 Å². The fourth-order valence-corrected chi connectivity index (χ4v) is 2.85. The van der Waals surface area contributed by atoms with Crippen LogP contribution < -0.4 is 10.6 Å². The minimum Gasteiger partial charge on any atom is -0.337 e. The third-order valence-electron chi connectivity index (χ3n) is 3.65. The van der Waals surface area contributed by atoms with E-state index in [0.717, 1.165) is 16.4 Å². The number of urea groups is 1. The summed E-state index contributed by atoms with van der Waals surface area (Å²) in [5, 5.41) is 6.67. The van der Waals surface area contributed by atoms with Crippen LogP contribution in [-0.4, -0.2) is 35.5 Å². The number of aromatic nitrogens is 1. The van der Waals surface area contributed by atoms with E-state index < -0.39 is 0 Å². The summed E-state index contributed by atoms with van der Waals surface area (Å²) < 4.78 is 0. The van der Waals surface area contributed by atoms with Gasteiger partial charge in [-0.2, -0.15) is 0 Å². The molecule has 1 unspecified atom stereocenters. The van der Waals surface area contributed by atoms with Crippen LogP contribution in [0.1, 0.15) is 22.4 Å². The zero-order valence-corrected chi connectivity index (χ0v) is 14.7. The van der Waals surface area contributed by atoms with Crippen LogP contribution >= 0.6 is 11.3 Å². The normalized spacial score (nSPS) is 12.2. The highest BCUT2D eigenvalue weighted by Gasteiger charge is 2.11. The predicted octanol–water partition coefficient (Wildman–Crippen LogP) is 2.77. The molecule has 0 aliphatic rings. The number of thiazole rings is 1. The van der Waals surface area contributed by atoms with E-state index in [1.54, 1.807) is 11.3 Å². The molecule has 0 fully saturated rings. The average molecular weight is 332 g/mol. The topological polar surface area (TPSA) is 57.3 Å². The molecule has 2 amide bonds. The molecule has 2 N–H and O–H groups in total. The highest BCUT2D eigenvalue weighted by atomic mass is 32.1. The van der Waals surface area contributed by atoms with E-state index in [1.807, 2.05) is 31.3 Å². The Labute approximate surface area is 141 Å². The Morgan fingerprint density at radius 1 is 1.30 bits per heavy atom. The van der Waals surface area contributed by atoms with Crippen molar-refractivity contribution in [1.29, 1.82) is 0 Å². The smallest absolute Gasteiger partial charge is 0.315 e. The van der Waals surface area contributed by atoms with E-state index in [9.17, 15) is 4.79 Å². The summed E-state index contributed by atoms with van der Waals surface area (Å²) in [6.07, 6.45) is 1.82. The molecule has 0 bridgehead atoms.